The Morgan fingerprint density at radius 1 is 0.367 bits per heavy atom. The van der Waals surface area contributed by atoms with E-state index in [0.29, 0.717) is 5.82 Å². The summed E-state index contributed by atoms with van der Waals surface area (Å²) in [5.74, 6) is 0.717. The summed E-state index contributed by atoms with van der Waals surface area (Å²) in [6, 6.07) is 60.8. The average molecular weight is 641 g/mol. The molecule has 0 amide bonds. The van der Waals surface area contributed by atoms with Gasteiger partial charge in [-0.2, -0.15) is 0 Å². The van der Waals surface area contributed by atoms with E-state index < -0.39 is 0 Å². The molecule has 228 valence electrons. The van der Waals surface area contributed by atoms with E-state index in [9.17, 15) is 0 Å². The van der Waals surface area contributed by atoms with Crippen molar-refractivity contribution in [1.82, 2.24) is 9.97 Å². The van der Waals surface area contributed by atoms with Gasteiger partial charge in [0.25, 0.3) is 0 Å². The Morgan fingerprint density at radius 2 is 1.04 bits per heavy atom. The van der Waals surface area contributed by atoms with E-state index >= 15 is 0 Å². The highest BCUT2D eigenvalue weighted by Gasteiger charge is 2.17. The average Bonchev–Trinajstić information content (AvgIpc) is 3.56. The van der Waals surface area contributed by atoms with E-state index in [0.717, 1.165) is 28.1 Å². The van der Waals surface area contributed by atoms with E-state index in [1.165, 1.54) is 63.6 Å². The van der Waals surface area contributed by atoms with Gasteiger partial charge in [0.05, 0.1) is 11.4 Å². The van der Waals surface area contributed by atoms with E-state index in [4.69, 9.17) is 9.97 Å². The fourth-order valence-corrected chi connectivity index (χ4v) is 8.57. The quantitative estimate of drug-likeness (QED) is 0.141. The van der Waals surface area contributed by atoms with Gasteiger partial charge in [0, 0.05) is 36.9 Å². The van der Waals surface area contributed by atoms with Crippen LogP contribution in [0.25, 0.3) is 97.5 Å². The zero-order valence-corrected chi connectivity index (χ0v) is 27.3. The van der Waals surface area contributed by atoms with E-state index in [-0.39, 0.29) is 0 Å². The molecule has 0 bridgehead atoms. The van der Waals surface area contributed by atoms with Crippen LogP contribution >= 0.6 is 11.3 Å². The smallest absolute Gasteiger partial charge is 0.160 e. The van der Waals surface area contributed by atoms with Gasteiger partial charge in [-0.3, -0.25) is 0 Å². The Kier molecular flexibility index (Phi) is 6.39. The lowest BCUT2D eigenvalue weighted by atomic mass is 9.91. The van der Waals surface area contributed by atoms with Gasteiger partial charge in [-0.1, -0.05) is 152 Å². The summed E-state index contributed by atoms with van der Waals surface area (Å²) < 4.78 is 2.64. The van der Waals surface area contributed by atoms with Crippen LogP contribution in [0.5, 0.6) is 0 Å². The third-order valence-electron chi connectivity index (χ3n) is 9.68. The van der Waals surface area contributed by atoms with Crippen LogP contribution in [0.15, 0.2) is 170 Å². The lowest BCUT2D eigenvalue weighted by Crippen LogP contribution is -1.97. The molecule has 49 heavy (non-hydrogen) atoms. The SMILES string of the molecule is c1ccc(-c2nc(-c3ccc(-c4cccc5c4sc4ccccc45)cc3)cc(-c3c4ccccc4cc4c3ccc3ccccc34)n2)cc1. The first-order chi connectivity index (χ1) is 24.3. The molecule has 0 saturated carbocycles. The maximum Gasteiger partial charge on any atom is 0.160 e. The fraction of sp³-hybridized carbons (Fsp3) is 0. The van der Waals surface area contributed by atoms with Crippen LogP contribution in [-0.2, 0) is 0 Å². The molecule has 8 aromatic carbocycles. The van der Waals surface area contributed by atoms with Crippen molar-refractivity contribution in [3.05, 3.63) is 170 Å². The zero-order chi connectivity index (χ0) is 32.3. The van der Waals surface area contributed by atoms with Crippen LogP contribution < -0.4 is 0 Å². The maximum atomic E-state index is 5.29. The predicted molar refractivity (Wildman–Crippen MR) is 209 cm³/mol. The summed E-state index contributed by atoms with van der Waals surface area (Å²) in [6.07, 6.45) is 0. The second-order valence-corrected chi connectivity index (χ2v) is 13.6. The number of thiophene rings is 1. The summed E-state index contributed by atoms with van der Waals surface area (Å²) in [5, 5.41) is 9.90. The van der Waals surface area contributed by atoms with Crippen LogP contribution in [0, 0.1) is 0 Å². The minimum atomic E-state index is 0.717. The highest BCUT2D eigenvalue weighted by atomic mass is 32.1. The summed E-state index contributed by atoms with van der Waals surface area (Å²) >= 11 is 1.86. The van der Waals surface area contributed by atoms with Crippen molar-refractivity contribution in [2.45, 2.75) is 0 Å². The predicted octanol–water partition coefficient (Wildman–Crippen LogP) is 13.0. The molecule has 0 saturated heterocycles. The van der Waals surface area contributed by atoms with Crippen molar-refractivity contribution in [3.8, 4) is 45.0 Å². The van der Waals surface area contributed by atoms with Gasteiger partial charge in [0.2, 0.25) is 0 Å². The highest BCUT2D eigenvalue weighted by molar-refractivity contribution is 7.26. The van der Waals surface area contributed by atoms with E-state index in [2.05, 4.69) is 152 Å². The zero-order valence-electron chi connectivity index (χ0n) is 26.5. The molecule has 0 unspecified atom stereocenters. The highest BCUT2D eigenvalue weighted by Crippen LogP contribution is 2.42. The van der Waals surface area contributed by atoms with Crippen LogP contribution in [0.1, 0.15) is 0 Å². The molecule has 0 N–H and O–H groups in total. The molecule has 0 aliphatic heterocycles. The maximum absolute atomic E-state index is 5.29. The second kappa shape index (κ2) is 11.2. The first-order valence-electron chi connectivity index (χ1n) is 16.6. The number of hydrogen-bond donors (Lipinski definition) is 0. The minimum absolute atomic E-state index is 0.717. The fourth-order valence-electron chi connectivity index (χ4n) is 7.33. The molecule has 0 fully saturated rings. The number of nitrogens with zero attached hydrogens (tertiary/aromatic N) is 2. The van der Waals surface area contributed by atoms with E-state index in [1.54, 1.807) is 0 Å². The van der Waals surface area contributed by atoms with Crippen LogP contribution in [0.4, 0.5) is 0 Å². The number of rotatable bonds is 4. The lowest BCUT2D eigenvalue weighted by Gasteiger charge is -2.15. The second-order valence-electron chi connectivity index (χ2n) is 12.5. The lowest BCUT2D eigenvalue weighted by molar-refractivity contribution is 1.19. The van der Waals surface area contributed by atoms with Crippen LogP contribution in [0.3, 0.4) is 0 Å². The molecule has 0 atom stereocenters. The van der Waals surface area contributed by atoms with Gasteiger partial charge in [-0.15, -0.1) is 11.3 Å². The van der Waals surface area contributed by atoms with Gasteiger partial charge >= 0.3 is 0 Å². The Bertz CT molecular complexity index is 2870. The van der Waals surface area contributed by atoms with Crippen molar-refractivity contribution in [2.75, 3.05) is 0 Å². The van der Waals surface area contributed by atoms with Crippen molar-refractivity contribution in [2.24, 2.45) is 0 Å². The van der Waals surface area contributed by atoms with Crippen LogP contribution in [0.2, 0.25) is 0 Å². The van der Waals surface area contributed by atoms with Gasteiger partial charge in [0.1, 0.15) is 0 Å². The molecule has 2 nitrogen and oxygen atoms in total. The Balaban J connectivity index is 1.18. The molecule has 2 aromatic heterocycles. The summed E-state index contributed by atoms with van der Waals surface area (Å²) in [5.41, 5.74) is 7.46. The first kappa shape index (κ1) is 27.9. The molecule has 2 heterocycles. The van der Waals surface area contributed by atoms with Gasteiger partial charge < -0.3 is 0 Å². The van der Waals surface area contributed by atoms with Crippen molar-refractivity contribution >= 4 is 63.8 Å². The Labute approximate surface area is 287 Å². The first-order valence-corrected chi connectivity index (χ1v) is 17.4. The Morgan fingerprint density at radius 3 is 1.90 bits per heavy atom. The molecule has 10 aromatic rings. The molecule has 0 aliphatic carbocycles. The van der Waals surface area contributed by atoms with Crippen molar-refractivity contribution in [3.63, 3.8) is 0 Å². The molecular weight excluding hydrogens is 613 g/mol. The monoisotopic (exact) mass is 640 g/mol. The Hall–Kier alpha value is -6.16. The molecule has 10 rings (SSSR count). The van der Waals surface area contributed by atoms with Crippen molar-refractivity contribution in [1.29, 1.82) is 0 Å². The third kappa shape index (κ3) is 4.62. The molecule has 0 spiro atoms. The van der Waals surface area contributed by atoms with Gasteiger partial charge in [0.15, 0.2) is 5.82 Å². The summed E-state index contributed by atoms with van der Waals surface area (Å²) in [6.45, 7) is 0. The van der Waals surface area contributed by atoms with Crippen molar-refractivity contribution < 1.29 is 0 Å². The largest absolute Gasteiger partial charge is 0.228 e. The molecule has 0 aliphatic rings. The normalized spacial score (nSPS) is 11.7. The molecular formula is C46H28N2S. The van der Waals surface area contributed by atoms with Gasteiger partial charge in [-0.05, 0) is 61.6 Å². The number of benzene rings is 8. The molecule has 0 radical (unpaired) electrons. The number of aromatic nitrogens is 2. The third-order valence-corrected chi connectivity index (χ3v) is 10.9. The summed E-state index contributed by atoms with van der Waals surface area (Å²) in [4.78, 5) is 10.5. The summed E-state index contributed by atoms with van der Waals surface area (Å²) in [7, 11) is 0. The minimum Gasteiger partial charge on any atom is -0.228 e. The number of hydrogen-bond acceptors (Lipinski definition) is 3. The van der Waals surface area contributed by atoms with Gasteiger partial charge in [-0.25, -0.2) is 9.97 Å². The number of fused-ring (bicyclic) bond motifs is 7. The standard InChI is InChI=1S/C46H28N2S/c1-2-12-32(13-3-1)46-47-41(31-23-21-30(22-24-31)36-18-10-19-39-37-17-8-9-20-43(37)49-45(36)39)28-42(48-46)44-35-16-7-5-14-33(35)27-40-34-15-6-4-11-29(34)25-26-38(40)44/h1-28H. The van der Waals surface area contributed by atoms with E-state index in [1.807, 2.05) is 29.5 Å². The molecule has 3 heteroatoms. The topological polar surface area (TPSA) is 25.8 Å². The van der Waals surface area contributed by atoms with Crippen LogP contribution in [-0.4, -0.2) is 9.97 Å².